The number of fused-ring (bicyclic) bond motifs is 2. The second-order valence-corrected chi connectivity index (χ2v) is 7.12. The Balaban J connectivity index is 1.38. The van der Waals surface area contributed by atoms with E-state index in [4.69, 9.17) is 14.5 Å². The smallest absolute Gasteiger partial charge is 0.231 e. The Morgan fingerprint density at radius 1 is 1.04 bits per heavy atom. The van der Waals surface area contributed by atoms with Crippen LogP contribution in [0.5, 0.6) is 11.5 Å². The molecule has 142 valence electrons. The number of hydrogen-bond donors (Lipinski definition) is 1. The fourth-order valence-electron chi connectivity index (χ4n) is 3.77. The van der Waals surface area contributed by atoms with Gasteiger partial charge in [-0.15, -0.1) is 0 Å². The first-order valence-corrected chi connectivity index (χ1v) is 9.60. The number of ether oxygens (including phenoxy) is 2. The first-order valence-electron chi connectivity index (χ1n) is 9.60. The van der Waals surface area contributed by atoms with Crippen LogP contribution in [0.3, 0.4) is 0 Å². The van der Waals surface area contributed by atoms with E-state index in [-0.39, 0.29) is 6.79 Å². The molecule has 28 heavy (non-hydrogen) atoms. The molecule has 0 radical (unpaired) electrons. The summed E-state index contributed by atoms with van der Waals surface area (Å²) >= 11 is 0. The van der Waals surface area contributed by atoms with Gasteiger partial charge in [0.25, 0.3) is 0 Å². The third-order valence-corrected chi connectivity index (χ3v) is 5.12. The van der Waals surface area contributed by atoms with Gasteiger partial charge in [-0.3, -0.25) is 0 Å². The third kappa shape index (κ3) is 3.22. The lowest BCUT2D eigenvalue weighted by molar-refractivity contribution is 0.174. The summed E-state index contributed by atoms with van der Waals surface area (Å²) in [5.41, 5.74) is 4.66. The molecule has 2 aliphatic rings. The van der Waals surface area contributed by atoms with Gasteiger partial charge < -0.3 is 19.7 Å². The normalized spacial score (nSPS) is 14.7. The predicted octanol–water partition coefficient (Wildman–Crippen LogP) is 4.21. The zero-order chi connectivity index (χ0) is 18.9. The van der Waals surface area contributed by atoms with Crippen molar-refractivity contribution in [1.82, 2.24) is 9.97 Å². The summed E-state index contributed by atoms with van der Waals surface area (Å²) in [6.45, 7) is 3.88. The molecule has 0 saturated carbocycles. The van der Waals surface area contributed by atoms with Gasteiger partial charge in [-0.05, 0) is 49.1 Å². The van der Waals surface area contributed by atoms with Crippen LogP contribution in [0.1, 0.15) is 23.2 Å². The largest absolute Gasteiger partial charge is 0.454 e. The van der Waals surface area contributed by atoms with Crippen LogP contribution in [-0.2, 0) is 13.0 Å². The Hall–Kier alpha value is -3.28. The maximum absolute atomic E-state index is 5.45. The minimum atomic E-state index is 0.286. The number of nitrogens with one attached hydrogen (secondary N) is 1. The van der Waals surface area contributed by atoms with Gasteiger partial charge in [0.15, 0.2) is 11.5 Å². The third-order valence-electron chi connectivity index (χ3n) is 5.12. The van der Waals surface area contributed by atoms with Gasteiger partial charge in [0.05, 0.1) is 0 Å². The van der Waals surface area contributed by atoms with Crippen molar-refractivity contribution in [3.8, 4) is 11.5 Å². The van der Waals surface area contributed by atoms with Crippen LogP contribution < -0.4 is 19.7 Å². The summed E-state index contributed by atoms with van der Waals surface area (Å²) in [6, 6.07) is 16.6. The highest BCUT2D eigenvalue weighted by Crippen LogP contribution is 2.34. The van der Waals surface area contributed by atoms with Crippen LogP contribution in [0.15, 0.2) is 48.5 Å². The fraction of sp³-hybridized carbons (Fsp3) is 0.273. The molecule has 3 aromatic rings. The maximum atomic E-state index is 5.45. The monoisotopic (exact) mass is 374 g/mol. The molecule has 2 aliphatic heterocycles. The Morgan fingerprint density at radius 3 is 2.89 bits per heavy atom. The summed E-state index contributed by atoms with van der Waals surface area (Å²) < 4.78 is 10.8. The molecule has 5 rings (SSSR count). The highest BCUT2D eigenvalue weighted by molar-refractivity contribution is 5.66. The van der Waals surface area contributed by atoms with Crippen molar-refractivity contribution in [2.45, 2.75) is 26.3 Å². The van der Waals surface area contributed by atoms with E-state index in [0.717, 1.165) is 48.0 Å². The summed E-state index contributed by atoms with van der Waals surface area (Å²) in [6.07, 6.45) is 2.24. The summed E-state index contributed by atoms with van der Waals surface area (Å²) in [4.78, 5) is 11.6. The van der Waals surface area contributed by atoms with Crippen molar-refractivity contribution in [3.63, 3.8) is 0 Å². The average Bonchev–Trinajstić information content (AvgIpc) is 3.19. The number of aromatic nitrogens is 2. The Morgan fingerprint density at radius 2 is 1.93 bits per heavy atom. The van der Waals surface area contributed by atoms with Crippen molar-refractivity contribution in [2.24, 2.45) is 0 Å². The van der Waals surface area contributed by atoms with Crippen molar-refractivity contribution in [1.29, 1.82) is 0 Å². The lowest BCUT2D eigenvalue weighted by atomic mass is 10.0. The fourth-order valence-corrected chi connectivity index (χ4v) is 3.77. The molecule has 1 aromatic heterocycles. The summed E-state index contributed by atoms with van der Waals surface area (Å²) in [5.74, 6) is 3.15. The first kappa shape index (κ1) is 16.9. The Bertz CT molecular complexity index is 1020. The van der Waals surface area contributed by atoms with Crippen LogP contribution >= 0.6 is 0 Å². The lowest BCUT2D eigenvalue weighted by Gasteiger charge is -2.30. The molecule has 0 bridgehead atoms. The van der Waals surface area contributed by atoms with E-state index in [1.807, 2.05) is 31.2 Å². The maximum Gasteiger partial charge on any atom is 0.231 e. The molecule has 0 atom stereocenters. The number of aryl methyl sites for hydroxylation is 2. The Labute approximate surface area is 164 Å². The van der Waals surface area contributed by atoms with Gasteiger partial charge >= 0.3 is 0 Å². The van der Waals surface area contributed by atoms with E-state index >= 15 is 0 Å². The molecule has 0 amide bonds. The molecular weight excluding hydrogens is 352 g/mol. The van der Waals surface area contributed by atoms with E-state index in [1.165, 1.54) is 11.3 Å². The van der Waals surface area contributed by atoms with Gasteiger partial charge in [0.2, 0.25) is 12.7 Å². The first-order chi connectivity index (χ1) is 13.8. The van der Waals surface area contributed by atoms with Crippen molar-refractivity contribution >= 4 is 17.5 Å². The van der Waals surface area contributed by atoms with Crippen molar-refractivity contribution in [3.05, 3.63) is 65.4 Å². The molecule has 0 unspecified atom stereocenters. The van der Waals surface area contributed by atoms with Gasteiger partial charge in [0, 0.05) is 30.5 Å². The van der Waals surface area contributed by atoms with Gasteiger partial charge in [-0.2, -0.15) is 4.98 Å². The zero-order valence-electron chi connectivity index (χ0n) is 15.8. The van der Waals surface area contributed by atoms with Crippen LogP contribution in [0, 0.1) is 6.92 Å². The molecule has 0 spiro atoms. The minimum absolute atomic E-state index is 0.286. The average molecular weight is 374 g/mol. The molecule has 0 fully saturated rings. The number of rotatable bonds is 4. The van der Waals surface area contributed by atoms with E-state index in [2.05, 4.69) is 39.5 Å². The van der Waals surface area contributed by atoms with Crippen molar-refractivity contribution in [2.75, 3.05) is 23.6 Å². The molecule has 0 aliphatic carbocycles. The quantitative estimate of drug-likeness (QED) is 0.738. The summed E-state index contributed by atoms with van der Waals surface area (Å²) in [7, 11) is 0. The van der Waals surface area contributed by atoms with E-state index in [9.17, 15) is 0 Å². The molecule has 0 saturated heterocycles. The molecular formula is C22H22N4O2. The molecule has 3 heterocycles. The molecule has 6 heteroatoms. The van der Waals surface area contributed by atoms with Crippen LogP contribution in [0.4, 0.5) is 17.5 Å². The number of nitrogens with zero attached hydrogens (tertiary/aromatic N) is 3. The minimum Gasteiger partial charge on any atom is -0.454 e. The Kier molecular flexibility index (Phi) is 4.24. The number of para-hydroxylation sites is 1. The molecule has 1 N–H and O–H groups in total. The standard InChI is InChI=1S/C22H22N4O2/c1-15-11-21(26-10-4-6-17-5-2-3-7-18(17)26)25-22(24-15)23-13-16-8-9-19-20(12-16)28-14-27-19/h2-3,5,7-9,11-12H,4,6,10,13-14H2,1H3,(H,23,24,25). The molecule has 6 nitrogen and oxygen atoms in total. The lowest BCUT2D eigenvalue weighted by Crippen LogP contribution is -2.25. The highest BCUT2D eigenvalue weighted by atomic mass is 16.7. The molecule has 2 aromatic carbocycles. The van der Waals surface area contributed by atoms with Gasteiger partial charge in [0.1, 0.15) is 5.82 Å². The van der Waals surface area contributed by atoms with Crippen molar-refractivity contribution < 1.29 is 9.47 Å². The van der Waals surface area contributed by atoms with E-state index in [0.29, 0.717) is 12.5 Å². The van der Waals surface area contributed by atoms with Gasteiger partial charge in [-0.1, -0.05) is 24.3 Å². The SMILES string of the molecule is Cc1cc(N2CCCc3ccccc32)nc(NCc2ccc3c(c2)OCO3)n1. The summed E-state index contributed by atoms with van der Waals surface area (Å²) in [5, 5.41) is 3.35. The van der Waals surface area contributed by atoms with E-state index < -0.39 is 0 Å². The predicted molar refractivity (Wildman–Crippen MR) is 108 cm³/mol. The van der Waals surface area contributed by atoms with E-state index in [1.54, 1.807) is 0 Å². The zero-order valence-corrected chi connectivity index (χ0v) is 15.8. The topological polar surface area (TPSA) is 59.5 Å². The van der Waals surface area contributed by atoms with Crippen LogP contribution in [-0.4, -0.2) is 23.3 Å². The number of benzene rings is 2. The number of hydrogen-bond acceptors (Lipinski definition) is 6. The highest BCUT2D eigenvalue weighted by Gasteiger charge is 2.20. The second-order valence-electron chi connectivity index (χ2n) is 7.12. The van der Waals surface area contributed by atoms with Gasteiger partial charge in [-0.25, -0.2) is 4.98 Å². The van der Waals surface area contributed by atoms with Crippen LogP contribution in [0.25, 0.3) is 0 Å². The second kappa shape index (κ2) is 7.03. The number of anilines is 3. The van der Waals surface area contributed by atoms with Crippen LogP contribution in [0.2, 0.25) is 0 Å².